The molecule has 1 aromatic rings. The van der Waals surface area contributed by atoms with Crippen LogP contribution in [0.2, 0.25) is 0 Å². The third-order valence-electron chi connectivity index (χ3n) is 5.61. The molecule has 0 spiro atoms. The minimum atomic E-state index is -0.0956. The molecule has 0 radical (unpaired) electrons. The van der Waals surface area contributed by atoms with Gasteiger partial charge in [0, 0.05) is 19.8 Å². The molecule has 28 heavy (non-hydrogen) atoms. The van der Waals surface area contributed by atoms with Gasteiger partial charge in [0.1, 0.15) is 0 Å². The second kappa shape index (κ2) is 8.10. The van der Waals surface area contributed by atoms with Gasteiger partial charge >= 0.3 is 0 Å². The molecule has 1 unspecified atom stereocenters. The first-order valence-corrected chi connectivity index (χ1v) is 9.95. The van der Waals surface area contributed by atoms with E-state index in [0.717, 1.165) is 42.9 Å². The number of pyridine rings is 1. The van der Waals surface area contributed by atoms with Crippen molar-refractivity contribution in [2.45, 2.75) is 31.7 Å². The monoisotopic (exact) mass is 377 g/mol. The number of carbonyl (C=O) groups is 1. The highest BCUT2D eigenvalue weighted by Crippen LogP contribution is 2.32. The lowest BCUT2D eigenvalue weighted by Gasteiger charge is -2.33. The molecule has 146 valence electrons. The molecule has 2 N–H and O–H groups in total. The van der Waals surface area contributed by atoms with E-state index in [1.54, 1.807) is 7.05 Å². The molecule has 2 aliphatic carbocycles. The summed E-state index contributed by atoms with van der Waals surface area (Å²) < 4.78 is 0. The van der Waals surface area contributed by atoms with Crippen molar-refractivity contribution in [2.24, 2.45) is 4.99 Å². The predicted molar refractivity (Wildman–Crippen MR) is 111 cm³/mol. The van der Waals surface area contributed by atoms with Crippen molar-refractivity contribution in [3.8, 4) is 0 Å². The molecule has 0 saturated heterocycles. The highest BCUT2D eigenvalue weighted by Gasteiger charge is 2.27. The highest BCUT2D eigenvalue weighted by molar-refractivity contribution is 6.00. The van der Waals surface area contributed by atoms with E-state index >= 15 is 0 Å². The maximum absolute atomic E-state index is 12.3. The van der Waals surface area contributed by atoms with Crippen LogP contribution in [0.5, 0.6) is 0 Å². The minimum absolute atomic E-state index is 0.0956. The largest absolute Gasteiger partial charge is 0.378 e. The minimum Gasteiger partial charge on any atom is -0.378 e. The Morgan fingerprint density at radius 1 is 1.43 bits per heavy atom. The molecule has 0 aromatic carbocycles. The lowest BCUT2D eigenvalue weighted by molar-refractivity contribution is -0.116. The Hall–Kier alpha value is -2.73. The Balaban J connectivity index is 1.57. The first-order chi connectivity index (χ1) is 13.7. The van der Waals surface area contributed by atoms with E-state index in [2.05, 4.69) is 39.7 Å². The number of aromatic nitrogens is 1. The summed E-state index contributed by atoms with van der Waals surface area (Å²) in [5.74, 6) is -0.0956. The zero-order valence-electron chi connectivity index (χ0n) is 16.5. The van der Waals surface area contributed by atoms with Crippen LogP contribution < -0.4 is 10.6 Å². The van der Waals surface area contributed by atoms with Gasteiger partial charge in [-0.05, 0) is 50.4 Å². The quantitative estimate of drug-likeness (QED) is 0.845. The standard InChI is InChI=1S/C22H27N5O/c1-23-22(28)17-9-3-4-10-18-21(17)26-16(13-25-18)14-27(2)19-11-5-7-15-8-6-12-24-20(15)19/h4,6,8-10,12,19,25H,3,5,7,11,13-14H2,1-2H3,(H,23,28). The second-order valence-electron chi connectivity index (χ2n) is 7.50. The molecule has 3 aliphatic rings. The number of aliphatic imine (C=N–C) groups is 1. The van der Waals surface area contributed by atoms with Crippen molar-refractivity contribution >= 4 is 11.6 Å². The van der Waals surface area contributed by atoms with Gasteiger partial charge in [0.15, 0.2) is 0 Å². The summed E-state index contributed by atoms with van der Waals surface area (Å²) in [7, 11) is 3.80. The number of likely N-dealkylation sites (N-methyl/N-ethyl adjacent to an activating group) is 1. The van der Waals surface area contributed by atoms with E-state index in [1.165, 1.54) is 17.7 Å². The van der Waals surface area contributed by atoms with Gasteiger partial charge in [0.2, 0.25) is 0 Å². The van der Waals surface area contributed by atoms with E-state index < -0.39 is 0 Å². The summed E-state index contributed by atoms with van der Waals surface area (Å²) in [5.41, 5.74) is 5.89. The maximum atomic E-state index is 12.3. The number of rotatable bonds is 4. The van der Waals surface area contributed by atoms with Crippen molar-refractivity contribution < 1.29 is 4.79 Å². The maximum Gasteiger partial charge on any atom is 0.252 e. The van der Waals surface area contributed by atoms with Gasteiger partial charge in [-0.15, -0.1) is 0 Å². The summed E-state index contributed by atoms with van der Waals surface area (Å²) in [6.07, 6.45) is 12.0. The van der Waals surface area contributed by atoms with E-state index in [-0.39, 0.29) is 5.91 Å². The summed E-state index contributed by atoms with van der Waals surface area (Å²) in [6, 6.07) is 4.53. The zero-order valence-corrected chi connectivity index (χ0v) is 16.5. The molecule has 6 nitrogen and oxygen atoms in total. The van der Waals surface area contributed by atoms with E-state index in [1.807, 2.05) is 24.4 Å². The molecule has 0 fully saturated rings. The predicted octanol–water partition coefficient (Wildman–Crippen LogP) is 2.28. The number of nitrogens with one attached hydrogen (secondary N) is 2. The molecule has 0 bridgehead atoms. The molecule has 2 heterocycles. The fourth-order valence-corrected chi connectivity index (χ4v) is 4.19. The van der Waals surface area contributed by atoms with Crippen molar-refractivity contribution in [2.75, 3.05) is 27.2 Å². The molecule has 1 aliphatic heterocycles. The summed E-state index contributed by atoms with van der Waals surface area (Å²) in [5, 5.41) is 6.18. The first-order valence-electron chi connectivity index (χ1n) is 9.95. The number of carbonyl (C=O) groups excluding carboxylic acids is 1. The average Bonchev–Trinajstić information content (AvgIpc) is 2.95. The van der Waals surface area contributed by atoms with E-state index in [9.17, 15) is 4.79 Å². The normalized spacial score (nSPS) is 21.2. The SMILES string of the molecule is CNC(=O)C1=CCC=CC2=C1N=C(CN(C)C1CCCc3cccnc31)CN2. The molecule has 4 rings (SSSR count). The molecule has 6 heteroatoms. The molecule has 1 amide bonds. The highest BCUT2D eigenvalue weighted by atomic mass is 16.1. The first kappa shape index (κ1) is 18.6. The van der Waals surface area contributed by atoms with Crippen LogP contribution in [0.25, 0.3) is 0 Å². The van der Waals surface area contributed by atoms with Crippen LogP contribution in [0.3, 0.4) is 0 Å². The summed E-state index contributed by atoms with van der Waals surface area (Å²) in [6.45, 7) is 1.44. The zero-order chi connectivity index (χ0) is 19.5. The van der Waals surface area contributed by atoms with Gasteiger partial charge in [-0.25, -0.2) is 0 Å². The number of allylic oxidation sites excluding steroid dienone is 3. The molecule has 0 saturated carbocycles. The van der Waals surface area contributed by atoms with Gasteiger partial charge in [-0.1, -0.05) is 18.2 Å². The third-order valence-corrected chi connectivity index (χ3v) is 5.61. The Kier molecular flexibility index (Phi) is 5.39. The van der Waals surface area contributed by atoms with Crippen LogP contribution in [-0.2, 0) is 11.2 Å². The van der Waals surface area contributed by atoms with Crippen molar-refractivity contribution in [1.82, 2.24) is 20.5 Å². The lowest BCUT2D eigenvalue weighted by Crippen LogP contribution is -2.38. The van der Waals surface area contributed by atoms with Crippen molar-refractivity contribution in [3.05, 3.63) is 64.8 Å². The summed E-state index contributed by atoms with van der Waals surface area (Å²) in [4.78, 5) is 24.2. The third kappa shape index (κ3) is 3.64. The van der Waals surface area contributed by atoms with Crippen LogP contribution in [-0.4, -0.2) is 48.7 Å². The average molecular weight is 377 g/mol. The van der Waals surface area contributed by atoms with Gasteiger partial charge in [0.05, 0.1) is 41.0 Å². The second-order valence-corrected chi connectivity index (χ2v) is 7.50. The van der Waals surface area contributed by atoms with E-state index in [4.69, 9.17) is 4.99 Å². The Bertz CT molecular complexity index is 896. The topological polar surface area (TPSA) is 69.6 Å². The Morgan fingerprint density at radius 2 is 2.32 bits per heavy atom. The van der Waals surface area contributed by atoms with Crippen molar-refractivity contribution in [1.29, 1.82) is 0 Å². The lowest BCUT2D eigenvalue weighted by atomic mass is 9.91. The van der Waals surface area contributed by atoms with Gasteiger partial charge in [-0.3, -0.25) is 19.7 Å². The number of amides is 1. The molecular weight excluding hydrogens is 350 g/mol. The number of fused-ring (bicyclic) bond motifs is 1. The van der Waals surface area contributed by atoms with Gasteiger partial charge in [0.25, 0.3) is 5.91 Å². The molecular formula is C22H27N5O. The van der Waals surface area contributed by atoms with Gasteiger partial charge in [-0.2, -0.15) is 0 Å². The Morgan fingerprint density at radius 3 is 3.18 bits per heavy atom. The van der Waals surface area contributed by atoms with Crippen LogP contribution in [0.15, 0.2) is 58.5 Å². The smallest absolute Gasteiger partial charge is 0.252 e. The van der Waals surface area contributed by atoms with Crippen LogP contribution in [0.4, 0.5) is 0 Å². The number of hydrogen-bond donors (Lipinski definition) is 2. The fourth-order valence-electron chi connectivity index (χ4n) is 4.19. The number of aryl methyl sites for hydroxylation is 1. The molecule has 1 aromatic heterocycles. The Labute approximate surface area is 166 Å². The number of nitrogens with zero attached hydrogens (tertiary/aromatic N) is 3. The fraction of sp³-hybridized carbons (Fsp3) is 0.409. The van der Waals surface area contributed by atoms with Crippen LogP contribution in [0, 0.1) is 0 Å². The summed E-state index contributed by atoms with van der Waals surface area (Å²) >= 11 is 0. The van der Waals surface area contributed by atoms with Crippen LogP contribution in [0.1, 0.15) is 36.6 Å². The van der Waals surface area contributed by atoms with Gasteiger partial charge < -0.3 is 10.6 Å². The van der Waals surface area contributed by atoms with Crippen LogP contribution >= 0.6 is 0 Å². The number of hydrogen-bond acceptors (Lipinski definition) is 5. The molecule has 1 atom stereocenters. The van der Waals surface area contributed by atoms with E-state index in [0.29, 0.717) is 18.2 Å². The van der Waals surface area contributed by atoms with Crippen molar-refractivity contribution in [3.63, 3.8) is 0 Å².